The van der Waals surface area contributed by atoms with E-state index in [0.717, 1.165) is 18.7 Å². The number of amides is 2. The first-order valence-electron chi connectivity index (χ1n) is 8.41. The van der Waals surface area contributed by atoms with Gasteiger partial charge in [0.25, 0.3) is 5.91 Å². The summed E-state index contributed by atoms with van der Waals surface area (Å²) in [6.07, 6.45) is 6.97. The first kappa shape index (κ1) is 20.5. The molecule has 140 valence electrons. The van der Waals surface area contributed by atoms with Crippen molar-refractivity contribution in [2.75, 3.05) is 18.6 Å². The molecule has 0 aliphatic carbocycles. The molecule has 0 spiro atoms. The van der Waals surface area contributed by atoms with Crippen LogP contribution < -0.4 is 10.6 Å². The van der Waals surface area contributed by atoms with Crippen LogP contribution in [0.3, 0.4) is 0 Å². The molecule has 0 fully saturated rings. The zero-order valence-electron chi connectivity index (χ0n) is 14.7. The fraction of sp³-hybridized carbons (Fsp3) is 0.389. The van der Waals surface area contributed by atoms with Gasteiger partial charge in [0.05, 0.1) is 5.56 Å². The lowest BCUT2D eigenvalue weighted by Gasteiger charge is -2.18. The molecule has 2 N–H and O–H groups in total. The first-order valence-corrected chi connectivity index (χ1v) is 10.6. The van der Waals surface area contributed by atoms with Crippen molar-refractivity contribution in [1.29, 1.82) is 0 Å². The number of thioether (sulfide) groups is 1. The number of aryl methyl sites for hydroxylation is 1. The molecule has 1 atom stereocenters. The predicted molar refractivity (Wildman–Crippen MR) is 108 cm³/mol. The summed E-state index contributed by atoms with van der Waals surface area (Å²) in [5, 5.41) is 9.89. The fourth-order valence-electron chi connectivity index (χ4n) is 2.39. The largest absolute Gasteiger partial charge is 0.354 e. The molecule has 0 aliphatic rings. The summed E-state index contributed by atoms with van der Waals surface area (Å²) in [5.41, 5.74) is 0.521. The molecule has 26 heavy (non-hydrogen) atoms. The summed E-state index contributed by atoms with van der Waals surface area (Å²) >= 11 is 5.02. The lowest BCUT2D eigenvalue weighted by molar-refractivity contribution is -0.123. The first-order chi connectivity index (χ1) is 12.6. The molecule has 2 aromatic rings. The number of hydrogen-bond donors (Lipinski definition) is 2. The number of aromatic nitrogens is 2. The van der Waals surface area contributed by atoms with Crippen molar-refractivity contribution in [3.05, 3.63) is 52.8 Å². The fourth-order valence-corrected chi connectivity index (χ4v) is 3.33. The van der Waals surface area contributed by atoms with Crippen LogP contribution in [0.1, 0.15) is 23.2 Å². The number of hydrogen-bond acceptors (Lipinski definition) is 4. The molecule has 0 bridgehead atoms. The highest BCUT2D eigenvalue weighted by Gasteiger charge is 2.21. The number of halogens is 1. The maximum atomic E-state index is 12.5. The van der Waals surface area contributed by atoms with Gasteiger partial charge in [0.1, 0.15) is 6.04 Å². The number of carbonyl (C=O) groups is 2. The van der Waals surface area contributed by atoms with Crippen LogP contribution in [0.4, 0.5) is 0 Å². The Kier molecular flexibility index (Phi) is 8.70. The van der Waals surface area contributed by atoms with Crippen LogP contribution in [0.25, 0.3) is 0 Å². The van der Waals surface area contributed by atoms with E-state index in [1.165, 1.54) is 0 Å². The predicted octanol–water partition coefficient (Wildman–Crippen LogP) is 2.70. The van der Waals surface area contributed by atoms with Crippen molar-refractivity contribution < 1.29 is 9.59 Å². The van der Waals surface area contributed by atoms with Crippen molar-refractivity contribution in [2.24, 2.45) is 0 Å². The second-order valence-corrected chi connectivity index (χ2v) is 7.54. The number of rotatable bonds is 10. The average Bonchev–Trinajstić information content (AvgIpc) is 3.15. The minimum absolute atomic E-state index is 0.153. The third-order valence-electron chi connectivity index (χ3n) is 3.77. The molecule has 0 saturated heterocycles. The van der Waals surface area contributed by atoms with Crippen molar-refractivity contribution in [3.8, 4) is 0 Å². The van der Waals surface area contributed by atoms with E-state index in [1.54, 1.807) is 36.2 Å². The highest BCUT2D eigenvalue weighted by molar-refractivity contribution is 9.10. The van der Waals surface area contributed by atoms with Crippen LogP contribution in [-0.4, -0.2) is 46.2 Å². The van der Waals surface area contributed by atoms with Gasteiger partial charge in [0, 0.05) is 30.0 Å². The summed E-state index contributed by atoms with van der Waals surface area (Å²) in [6.45, 7) is 1.28. The van der Waals surface area contributed by atoms with Crippen LogP contribution in [0.2, 0.25) is 0 Å². The molecule has 2 amide bonds. The molecule has 1 unspecified atom stereocenters. The molecular weight excluding hydrogens is 416 g/mol. The van der Waals surface area contributed by atoms with Gasteiger partial charge in [-0.3, -0.25) is 14.3 Å². The van der Waals surface area contributed by atoms with Crippen LogP contribution in [-0.2, 0) is 11.3 Å². The Hall–Kier alpha value is -1.80. The van der Waals surface area contributed by atoms with Crippen molar-refractivity contribution >= 4 is 39.5 Å². The van der Waals surface area contributed by atoms with Crippen LogP contribution in [0.15, 0.2) is 47.2 Å². The third kappa shape index (κ3) is 6.49. The molecule has 2 rings (SSSR count). The average molecular weight is 439 g/mol. The third-order valence-corrected chi connectivity index (χ3v) is 5.11. The lowest BCUT2D eigenvalue weighted by atomic mass is 10.1. The van der Waals surface area contributed by atoms with Gasteiger partial charge in [0.15, 0.2) is 0 Å². The zero-order chi connectivity index (χ0) is 18.8. The molecule has 0 aliphatic heterocycles. The second-order valence-electron chi connectivity index (χ2n) is 5.70. The second kappa shape index (κ2) is 11.0. The van der Waals surface area contributed by atoms with E-state index in [9.17, 15) is 9.59 Å². The maximum Gasteiger partial charge on any atom is 0.253 e. The van der Waals surface area contributed by atoms with Crippen LogP contribution in [0, 0.1) is 0 Å². The molecule has 8 heteroatoms. The molecule has 1 heterocycles. The molecule has 0 saturated carbocycles. The molecule has 1 aromatic carbocycles. The number of carbonyl (C=O) groups excluding carboxylic acids is 2. The van der Waals surface area contributed by atoms with E-state index >= 15 is 0 Å². The van der Waals surface area contributed by atoms with Crippen molar-refractivity contribution in [2.45, 2.75) is 25.4 Å². The maximum absolute atomic E-state index is 12.5. The smallest absolute Gasteiger partial charge is 0.253 e. The standard InChI is InChI=1S/C18H23BrN4O2S/c1-26-13-8-16(22-17(24)14-6-2-3-7-15(14)19)18(25)20-9-4-11-23-12-5-10-21-23/h2-3,5-7,10,12,16H,4,8-9,11,13H2,1H3,(H,20,25)(H,22,24). The van der Waals surface area contributed by atoms with E-state index in [2.05, 4.69) is 31.7 Å². The number of nitrogens with zero attached hydrogens (tertiary/aromatic N) is 2. The van der Waals surface area contributed by atoms with Crippen molar-refractivity contribution in [3.63, 3.8) is 0 Å². The summed E-state index contributed by atoms with van der Waals surface area (Å²) in [5.74, 6) is 0.386. The van der Waals surface area contributed by atoms with Gasteiger partial charge >= 0.3 is 0 Å². The van der Waals surface area contributed by atoms with Gasteiger partial charge in [-0.15, -0.1) is 0 Å². The van der Waals surface area contributed by atoms with E-state index in [-0.39, 0.29) is 11.8 Å². The van der Waals surface area contributed by atoms with Gasteiger partial charge in [-0.25, -0.2) is 0 Å². The summed E-state index contributed by atoms with van der Waals surface area (Å²) < 4.78 is 2.53. The van der Waals surface area contributed by atoms with Crippen LogP contribution in [0.5, 0.6) is 0 Å². The molecular formula is C18H23BrN4O2S. The van der Waals surface area contributed by atoms with E-state index in [0.29, 0.717) is 23.0 Å². The SMILES string of the molecule is CSCCC(NC(=O)c1ccccc1Br)C(=O)NCCCn1cccn1. The molecule has 6 nitrogen and oxygen atoms in total. The lowest BCUT2D eigenvalue weighted by Crippen LogP contribution is -2.47. The van der Waals surface area contributed by atoms with E-state index in [1.807, 2.05) is 29.3 Å². The van der Waals surface area contributed by atoms with Gasteiger partial charge in [-0.2, -0.15) is 16.9 Å². The Morgan fingerprint density at radius 1 is 1.31 bits per heavy atom. The summed E-state index contributed by atoms with van der Waals surface area (Å²) in [7, 11) is 0. The number of benzene rings is 1. The van der Waals surface area contributed by atoms with E-state index in [4.69, 9.17) is 0 Å². The van der Waals surface area contributed by atoms with E-state index < -0.39 is 6.04 Å². The van der Waals surface area contributed by atoms with Gasteiger partial charge in [-0.1, -0.05) is 12.1 Å². The summed E-state index contributed by atoms with van der Waals surface area (Å²) in [6, 6.07) is 8.50. The van der Waals surface area contributed by atoms with Gasteiger partial charge in [0.2, 0.25) is 5.91 Å². The Morgan fingerprint density at radius 2 is 2.12 bits per heavy atom. The van der Waals surface area contributed by atoms with Gasteiger partial charge in [-0.05, 0) is 59.0 Å². The molecule has 1 aromatic heterocycles. The van der Waals surface area contributed by atoms with Crippen molar-refractivity contribution in [1.82, 2.24) is 20.4 Å². The molecule has 0 radical (unpaired) electrons. The number of nitrogens with one attached hydrogen (secondary N) is 2. The Balaban J connectivity index is 1.87. The topological polar surface area (TPSA) is 76.0 Å². The summed E-state index contributed by atoms with van der Waals surface area (Å²) in [4.78, 5) is 25.0. The minimum atomic E-state index is -0.549. The Morgan fingerprint density at radius 3 is 2.81 bits per heavy atom. The highest BCUT2D eigenvalue weighted by atomic mass is 79.9. The zero-order valence-corrected chi connectivity index (χ0v) is 17.1. The van der Waals surface area contributed by atoms with Crippen LogP contribution >= 0.6 is 27.7 Å². The monoisotopic (exact) mass is 438 g/mol. The quantitative estimate of drug-likeness (QED) is 0.559. The van der Waals surface area contributed by atoms with Gasteiger partial charge < -0.3 is 10.6 Å². The Bertz CT molecular complexity index is 709. The normalized spacial score (nSPS) is 11.8. The minimum Gasteiger partial charge on any atom is -0.354 e. The Labute approximate surface area is 166 Å². The highest BCUT2D eigenvalue weighted by Crippen LogP contribution is 2.16.